The second-order valence-corrected chi connectivity index (χ2v) is 6.75. The minimum absolute atomic E-state index is 0.372. The van der Waals surface area contributed by atoms with E-state index in [9.17, 15) is 5.11 Å². The highest BCUT2D eigenvalue weighted by atomic mass is 16.5. The number of likely N-dealkylation sites (tertiary alicyclic amines) is 1. The fraction of sp³-hybridized carbons (Fsp3) is 0.667. The second-order valence-electron chi connectivity index (χ2n) is 6.75. The smallest absolute Gasteiger partial charge is 0.0916 e. The normalized spacial score (nSPS) is 25.5. The van der Waals surface area contributed by atoms with Crippen LogP contribution < -0.4 is 0 Å². The number of aliphatic hydroxyl groups excluding tert-OH is 1. The molecule has 3 rings (SSSR count). The van der Waals surface area contributed by atoms with E-state index in [0.717, 1.165) is 57.4 Å². The van der Waals surface area contributed by atoms with Gasteiger partial charge in [0, 0.05) is 32.7 Å². The molecule has 1 aromatic rings. The molecule has 22 heavy (non-hydrogen) atoms. The Morgan fingerprint density at radius 1 is 1.14 bits per heavy atom. The summed E-state index contributed by atoms with van der Waals surface area (Å²) in [6.45, 7) is 10.1. The van der Waals surface area contributed by atoms with Gasteiger partial charge >= 0.3 is 0 Å². The second kappa shape index (κ2) is 7.55. The quantitative estimate of drug-likeness (QED) is 0.898. The number of aliphatic hydroxyl groups is 1. The lowest BCUT2D eigenvalue weighted by Crippen LogP contribution is -2.40. The molecule has 2 aliphatic heterocycles. The number of morpholine rings is 1. The van der Waals surface area contributed by atoms with Crippen molar-refractivity contribution in [3.63, 3.8) is 0 Å². The van der Waals surface area contributed by atoms with Gasteiger partial charge in [0.2, 0.25) is 0 Å². The molecule has 1 aromatic carbocycles. The lowest BCUT2D eigenvalue weighted by atomic mass is 10.1. The highest BCUT2D eigenvalue weighted by molar-refractivity contribution is 5.23. The van der Waals surface area contributed by atoms with Crippen molar-refractivity contribution >= 4 is 0 Å². The molecule has 4 heteroatoms. The molecule has 2 atom stereocenters. The van der Waals surface area contributed by atoms with Gasteiger partial charge < -0.3 is 14.7 Å². The Morgan fingerprint density at radius 2 is 1.86 bits per heavy atom. The van der Waals surface area contributed by atoms with Crippen LogP contribution >= 0.6 is 0 Å². The Balaban J connectivity index is 1.45. The summed E-state index contributed by atoms with van der Waals surface area (Å²) in [5, 5.41) is 10.4. The third-order valence-electron chi connectivity index (χ3n) is 4.88. The summed E-state index contributed by atoms with van der Waals surface area (Å²) >= 11 is 0. The summed E-state index contributed by atoms with van der Waals surface area (Å²) in [6.07, 6.45) is 0.876. The van der Waals surface area contributed by atoms with Crippen molar-refractivity contribution < 1.29 is 9.84 Å². The van der Waals surface area contributed by atoms with Crippen LogP contribution in [0.25, 0.3) is 0 Å². The van der Waals surface area contributed by atoms with E-state index in [-0.39, 0.29) is 6.10 Å². The van der Waals surface area contributed by atoms with E-state index >= 15 is 0 Å². The first-order valence-corrected chi connectivity index (χ1v) is 8.48. The van der Waals surface area contributed by atoms with Crippen LogP contribution in [0, 0.1) is 12.8 Å². The first-order chi connectivity index (χ1) is 10.7. The highest BCUT2D eigenvalue weighted by Gasteiger charge is 2.26. The number of ether oxygens (including phenoxy) is 1. The van der Waals surface area contributed by atoms with E-state index in [1.54, 1.807) is 0 Å². The molecule has 0 radical (unpaired) electrons. The first kappa shape index (κ1) is 15.9. The van der Waals surface area contributed by atoms with Gasteiger partial charge in [-0.05, 0) is 31.4 Å². The van der Waals surface area contributed by atoms with Gasteiger partial charge in [0.05, 0.1) is 19.3 Å². The third kappa shape index (κ3) is 4.29. The number of rotatable bonds is 5. The zero-order chi connectivity index (χ0) is 15.4. The number of hydrogen-bond donors (Lipinski definition) is 1. The monoisotopic (exact) mass is 304 g/mol. The predicted octanol–water partition coefficient (Wildman–Crippen LogP) is 1.68. The van der Waals surface area contributed by atoms with Crippen molar-refractivity contribution in [1.29, 1.82) is 0 Å². The molecule has 2 saturated heterocycles. The minimum Gasteiger partial charge on any atom is -0.387 e. The fourth-order valence-corrected chi connectivity index (χ4v) is 3.52. The summed E-state index contributed by atoms with van der Waals surface area (Å²) in [5.74, 6) is 0.739. The van der Waals surface area contributed by atoms with E-state index in [0.29, 0.717) is 0 Å². The molecule has 0 aliphatic carbocycles. The zero-order valence-electron chi connectivity index (χ0n) is 13.6. The zero-order valence-corrected chi connectivity index (χ0v) is 13.6. The maximum Gasteiger partial charge on any atom is 0.0916 e. The molecular weight excluding hydrogens is 276 g/mol. The maximum atomic E-state index is 10.4. The molecule has 2 heterocycles. The number of nitrogens with zero attached hydrogens (tertiary/aromatic N) is 2. The lowest BCUT2D eigenvalue weighted by molar-refractivity contribution is 0.0308. The van der Waals surface area contributed by atoms with E-state index in [4.69, 9.17) is 4.74 Å². The largest absolute Gasteiger partial charge is 0.387 e. The Morgan fingerprint density at radius 3 is 2.59 bits per heavy atom. The van der Waals surface area contributed by atoms with E-state index < -0.39 is 0 Å². The average Bonchev–Trinajstić information content (AvgIpc) is 2.96. The number of hydrogen-bond acceptors (Lipinski definition) is 4. The Labute approximate surface area is 133 Å². The van der Waals surface area contributed by atoms with Crippen molar-refractivity contribution in [3.05, 3.63) is 35.4 Å². The molecule has 4 nitrogen and oxygen atoms in total. The van der Waals surface area contributed by atoms with Gasteiger partial charge in [-0.1, -0.05) is 29.8 Å². The van der Waals surface area contributed by atoms with Gasteiger partial charge in [-0.2, -0.15) is 0 Å². The van der Waals surface area contributed by atoms with E-state index in [1.807, 2.05) is 12.1 Å². The average molecular weight is 304 g/mol. The molecule has 2 aliphatic rings. The Hall–Kier alpha value is -0.940. The van der Waals surface area contributed by atoms with Crippen LogP contribution in [-0.2, 0) is 4.74 Å². The Kier molecular flexibility index (Phi) is 5.47. The van der Waals surface area contributed by atoms with Crippen molar-refractivity contribution in [2.45, 2.75) is 19.4 Å². The fourth-order valence-electron chi connectivity index (χ4n) is 3.52. The number of benzene rings is 1. The summed E-state index contributed by atoms with van der Waals surface area (Å²) in [6, 6.07) is 8.23. The summed E-state index contributed by atoms with van der Waals surface area (Å²) in [5.41, 5.74) is 2.27. The maximum absolute atomic E-state index is 10.4. The van der Waals surface area contributed by atoms with Gasteiger partial charge in [-0.3, -0.25) is 4.90 Å². The van der Waals surface area contributed by atoms with Crippen LogP contribution in [0.3, 0.4) is 0 Å². The van der Waals surface area contributed by atoms with Crippen LogP contribution in [0.5, 0.6) is 0 Å². The first-order valence-electron chi connectivity index (χ1n) is 8.48. The predicted molar refractivity (Wildman–Crippen MR) is 87.9 cm³/mol. The summed E-state index contributed by atoms with van der Waals surface area (Å²) in [7, 11) is 0. The minimum atomic E-state index is -0.372. The molecular formula is C18H28N2O2. The SMILES string of the molecule is Cc1ccc(C(O)CN2CCC(CN3CCOCC3)C2)cc1. The topological polar surface area (TPSA) is 35.9 Å². The standard InChI is InChI=1S/C18H28N2O2/c1-15-2-4-17(5-3-15)18(21)14-20-7-6-16(13-20)12-19-8-10-22-11-9-19/h2-5,16,18,21H,6-14H2,1H3. The molecule has 0 spiro atoms. The van der Waals surface area contributed by atoms with E-state index in [2.05, 4.69) is 28.9 Å². The van der Waals surface area contributed by atoms with E-state index in [1.165, 1.54) is 18.5 Å². The summed E-state index contributed by atoms with van der Waals surface area (Å²) in [4.78, 5) is 4.93. The van der Waals surface area contributed by atoms with Crippen LogP contribution in [0.1, 0.15) is 23.7 Å². The van der Waals surface area contributed by atoms with Crippen molar-refractivity contribution in [2.75, 3.05) is 52.5 Å². The van der Waals surface area contributed by atoms with Gasteiger partial charge in [-0.25, -0.2) is 0 Å². The lowest BCUT2D eigenvalue weighted by Gasteiger charge is -2.29. The van der Waals surface area contributed by atoms with Crippen LogP contribution in [0.15, 0.2) is 24.3 Å². The van der Waals surface area contributed by atoms with Crippen LogP contribution in [-0.4, -0.2) is 67.4 Å². The molecule has 122 valence electrons. The number of β-amino-alcohol motifs (C(OH)–C–C–N with tert-alkyl or cyclic N) is 1. The molecule has 0 saturated carbocycles. The van der Waals surface area contributed by atoms with Gasteiger partial charge in [0.1, 0.15) is 0 Å². The van der Waals surface area contributed by atoms with Crippen molar-refractivity contribution in [1.82, 2.24) is 9.80 Å². The van der Waals surface area contributed by atoms with Gasteiger partial charge in [0.15, 0.2) is 0 Å². The molecule has 2 unspecified atom stereocenters. The summed E-state index contributed by atoms with van der Waals surface area (Å²) < 4.78 is 5.41. The van der Waals surface area contributed by atoms with Crippen LogP contribution in [0.4, 0.5) is 0 Å². The third-order valence-corrected chi connectivity index (χ3v) is 4.88. The molecule has 0 amide bonds. The Bertz CT molecular complexity index is 457. The highest BCUT2D eigenvalue weighted by Crippen LogP contribution is 2.22. The van der Waals surface area contributed by atoms with Crippen molar-refractivity contribution in [3.8, 4) is 0 Å². The van der Waals surface area contributed by atoms with Gasteiger partial charge in [0.25, 0.3) is 0 Å². The molecule has 1 N–H and O–H groups in total. The van der Waals surface area contributed by atoms with Crippen LogP contribution in [0.2, 0.25) is 0 Å². The molecule has 0 aromatic heterocycles. The van der Waals surface area contributed by atoms with Gasteiger partial charge in [-0.15, -0.1) is 0 Å². The molecule has 0 bridgehead atoms. The van der Waals surface area contributed by atoms with Crippen molar-refractivity contribution in [2.24, 2.45) is 5.92 Å². The number of aryl methyl sites for hydroxylation is 1. The molecule has 2 fully saturated rings.